The number of rotatable bonds is 3. The highest BCUT2D eigenvalue weighted by Crippen LogP contribution is 2.08. The van der Waals surface area contributed by atoms with Gasteiger partial charge in [0.2, 0.25) is 5.91 Å². The molecule has 0 saturated carbocycles. The summed E-state index contributed by atoms with van der Waals surface area (Å²) in [6.07, 6.45) is 1.41. The third-order valence-electron chi connectivity index (χ3n) is 1.69. The predicted molar refractivity (Wildman–Crippen MR) is 58.4 cm³/mol. The van der Waals surface area contributed by atoms with Gasteiger partial charge in [-0.15, -0.1) is 6.58 Å². The third kappa shape index (κ3) is 5.88. The molecule has 0 aromatic carbocycles. The Morgan fingerprint density at radius 3 is 2.33 bits per heavy atom. The van der Waals surface area contributed by atoms with Crippen molar-refractivity contribution in [3.63, 3.8) is 0 Å². The number of carbonyl (C=O) groups is 2. The van der Waals surface area contributed by atoms with Crippen LogP contribution in [0.15, 0.2) is 12.7 Å². The molecule has 15 heavy (non-hydrogen) atoms. The zero-order valence-electron chi connectivity index (χ0n) is 9.79. The van der Waals surface area contributed by atoms with Gasteiger partial charge in [0.25, 0.3) is 0 Å². The van der Waals surface area contributed by atoms with Crippen molar-refractivity contribution in [1.29, 1.82) is 0 Å². The van der Waals surface area contributed by atoms with Crippen LogP contribution in [0.2, 0.25) is 0 Å². The molecular weight excluding hydrogens is 194 g/mol. The number of nitrogens with one attached hydrogen (secondary N) is 1. The van der Waals surface area contributed by atoms with Crippen molar-refractivity contribution in [2.45, 2.75) is 39.7 Å². The van der Waals surface area contributed by atoms with Gasteiger partial charge in [-0.05, 0) is 27.2 Å². The number of amides is 2. The van der Waals surface area contributed by atoms with Crippen molar-refractivity contribution in [3.8, 4) is 0 Å². The van der Waals surface area contributed by atoms with Crippen molar-refractivity contribution in [2.24, 2.45) is 5.92 Å². The molecule has 0 aliphatic heterocycles. The zero-order chi connectivity index (χ0) is 12.1. The second kappa shape index (κ2) is 5.53. The maximum absolute atomic E-state index is 11.4. The van der Waals surface area contributed by atoms with Gasteiger partial charge in [-0.1, -0.05) is 13.0 Å². The molecule has 0 saturated heterocycles. The summed E-state index contributed by atoms with van der Waals surface area (Å²) in [7, 11) is 0. The van der Waals surface area contributed by atoms with Gasteiger partial charge >= 0.3 is 6.09 Å². The van der Waals surface area contributed by atoms with Gasteiger partial charge in [-0.2, -0.15) is 0 Å². The van der Waals surface area contributed by atoms with Crippen molar-refractivity contribution in [3.05, 3.63) is 12.7 Å². The van der Waals surface area contributed by atoms with Crippen LogP contribution in [0.1, 0.15) is 34.1 Å². The Balaban J connectivity index is 4.18. The molecule has 86 valence electrons. The predicted octanol–water partition coefficient (Wildman–Crippen LogP) is 2.25. The van der Waals surface area contributed by atoms with Crippen LogP contribution in [0.25, 0.3) is 0 Å². The van der Waals surface area contributed by atoms with Gasteiger partial charge in [0.15, 0.2) is 0 Å². The highest BCUT2D eigenvalue weighted by atomic mass is 16.6. The monoisotopic (exact) mass is 213 g/mol. The fourth-order valence-electron chi connectivity index (χ4n) is 0.956. The van der Waals surface area contributed by atoms with Gasteiger partial charge in [0.1, 0.15) is 5.60 Å². The van der Waals surface area contributed by atoms with E-state index in [4.69, 9.17) is 4.74 Å². The molecular formula is C11H19NO3. The molecule has 1 atom stereocenters. The lowest BCUT2D eigenvalue weighted by molar-refractivity contribution is -0.123. The molecule has 0 radical (unpaired) electrons. The summed E-state index contributed by atoms with van der Waals surface area (Å²) in [6.45, 7) is 10.6. The van der Waals surface area contributed by atoms with Crippen LogP contribution in [-0.2, 0) is 9.53 Å². The van der Waals surface area contributed by atoms with E-state index in [2.05, 4.69) is 11.9 Å². The number of ether oxygens (including phenoxy) is 1. The second-order valence-corrected chi connectivity index (χ2v) is 4.24. The fraction of sp³-hybridized carbons (Fsp3) is 0.636. The minimum absolute atomic E-state index is 0.350. The van der Waals surface area contributed by atoms with E-state index >= 15 is 0 Å². The van der Waals surface area contributed by atoms with E-state index < -0.39 is 11.7 Å². The maximum Gasteiger partial charge on any atom is 0.414 e. The second-order valence-electron chi connectivity index (χ2n) is 4.24. The Morgan fingerprint density at radius 1 is 1.47 bits per heavy atom. The molecule has 0 aromatic rings. The minimum Gasteiger partial charge on any atom is -0.444 e. The Bertz CT molecular complexity index is 253. The maximum atomic E-state index is 11.4. The Hall–Kier alpha value is -1.32. The quantitative estimate of drug-likeness (QED) is 0.731. The molecule has 0 aromatic heterocycles. The average molecular weight is 213 g/mol. The highest BCUT2D eigenvalue weighted by molar-refractivity contribution is 5.93. The summed E-state index contributed by atoms with van der Waals surface area (Å²) >= 11 is 0. The summed E-state index contributed by atoms with van der Waals surface area (Å²) < 4.78 is 4.94. The Labute approximate surface area is 90.7 Å². The molecule has 1 N–H and O–H groups in total. The van der Waals surface area contributed by atoms with Gasteiger partial charge in [0, 0.05) is 0 Å². The Kier molecular flexibility index (Phi) is 5.05. The van der Waals surface area contributed by atoms with Crippen LogP contribution in [-0.4, -0.2) is 17.6 Å². The third-order valence-corrected chi connectivity index (χ3v) is 1.69. The molecule has 0 aliphatic carbocycles. The van der Waals surface area contributed by atoms with Crippen molar-refractivity contribution < 1.29 is 14.3 Å². The summed E-state index contributed by atoms with van der Waals surface area (Å²) in [6, 6.07) is 0. The smallest absolute Gasteiger partial charge is 0.414 e. The first-order valence-electron chi connectivity index (χ1n) is 4.96. The summed E-state index contributed by atoms with van der Waals surface area (Å²) in [5.41, 5.74) is -0.597. The van der Waals surface area contributed by atoms with Crippen molar-refractivity contribution in [1.82, 2.24) is 5.32 Å². The molecule has 0 spiro atoms. The normalized spacial score (nSPS) is 12.8. The lowest BCUT2D eigenvalue weighted by atomic mass is 10.1. The van der Waals surface area contributed by atoms with E-state index in [1.165, 1.54) is 6.08 Å². The van der Waals surface area contributed by atoms with Gasteiger partial charge < -0.3 is 4.74 Å². The molecule has 4 heteroatoms. The molecule has 2 amide bonds. The zero-order valence-corrected chi connectivity index (χ0v) is 9.79. The summed E-state index contributed by atoms with van der Waals surface area (Å²) in [5.74, 6) is -0.723. The van der Waals surface area contributed by atoms with Crippen molar-refractivity contribution >= 4 is 12.0 Å². The van der Waals surface area contributed by atoms with Crippen LogP contribution in [0, 0.1) is 5.92 Å². The molecule has 0 fully saturated rings. The van der Waals surface area contributed by atoms with Gasteiger partial charge in [-0.3, -0.25) is 10.1 Å². The number of carbonyl (C=O) groups excluding carboxylic acids is 2. The van der Waals surface area contributed by atoms with E-state index in [-0.39, 0.29) is 11.8 Å². The van der Waals surface area contributed by atoms with Gasteiger partial charge in [-0.25, -0.2) is 4.79 Å². The van der Waals surface area contributed by atoms with Crippen LogP contribution < -0.4 is 5.32 Å². The number of hydrogen-bond donors (Lipinski definition) is 1. The average Bonchev–Trinajstić information content (AvgIpc) is 2.02. The molecule has 0 heterocycles. The van der Waals surface area contributed by atoms with Crippen LogP contribution in [0.3, 0.4) is 0 Å². The molecule has 0 rings (SSSR count). The first-order valence-corrected chi connectivity index (χ1v) is 4.96. The lowest BCUT2D eigenvalue weighted by Crippen LogP contribution is -2.39. The van der Waals surface area contributed by atoms with Crippen LogP contribution >= 0.6 is 0 Å². The van der Waals surface area contributed by atoms with Crippen LogP contribution in [0.5, 0.6) is 0 Å². The van der Waals surface area contributed by atoms with Crippen molar-refractivity contribution in [2.75, 3.05) is 0 Å². The number of hydrogen-bond acceptors (Lipinski definition) is 3. The molecule has 0 unspecified atom stereocenters. The fourth-order valence-corrected chi connectivity index (χ4v) is 0.956. The first kappa shape index (κ1) is 13.7. The topological polar surface area (TPSA) is 55.4 Å². The highest BCUT2D eigenvalue weighted by Gasteiger charge is 2.20. The largest absolute Gasteiger partial charge is 0.444 e. The van der Waals surface area contributed by atoms with E-state index in [1.807, 2.05) is 6.92 Å². The standard InChI is InChI=1S/C11H19NO3/c1-6-8(7-2)9(13)12-10(14)15-11(3,4)5/h6,8H,1,7H2,2-5H3,(H,12,13,14)/t8-/m0/s1. The first-order chi connectivity index (χ1) is 6.80. The number of imide groups is 1. The minimum atomic E-state index is -0.715. The van der Waals surface area contributed by atoms with Crippen LogP contribution in [0.4, 0.5) is 4.79 Å². The summed E-state index contributed by atoms with van der Waals surface area (Å²) in [5, 5.41) is 2.17. The molecule has 0 aliphatic rings. The van der Waals surface area contributed by atoms with E-state index in [9.17, 15) is 9.59 Å². The van der Waals surface area contributed by atoms with E-state index in [0.29, 0.717) is 6.42 Å². The van der Waals surface area contributed by atoms with E-state index in [1.54, 1.807) is 20.8 Å². The van der Waals surface area contributed by atoms with E-state index in [0.717, 1.165) is 0 Å². The SMILES string of the molecule is C=C[C@@H](CC)C(=O)NC(=O)OC(C)(C)C. The molecule has 0 bridgehead atoms. The van der Waals surface area contributed by atoms with Gasteiger partial charge in [0.05, 0.1) is 5.92 Å². The number of alkyl carbamates (subject to hydrolysis) is 1. The molecule has 4 nitrogen and oxygen atoms in total. The lowest BCUT2D eigenvalue weighted by Gasteiger charge is -2.20. The Morgan fingerprint density at radius 2 is 2.00 bits per heavy atom. The summed E-state index contributed by atoms with van der Waals surface area (Å²) in [4.78, 5) is 22.6.